The molecular weight excluding hydrogens is 423 g/mol. The van der Waals surface area contributed by atoms with Crippen molar-refractivity contribution >= 4 is 22.6 Å². The van der Waals surface area contributed by atoms with Crippen LogP contribution in [0.25, 0.3) is 11.0 Å². The van der Waals surface area contributed by atoms with Crippen molar-refractivity contribution in [3.05, 3.63) is 63.6 Å². The van der Waals surface area contributed by atoms with E-state index in [1.807, 2.05) is 25.3 Å². The zero-order valence-corrected chi connectivity index (χ0v) is 18.8. The number of H-pyrrole nitrogens is 1. The average Bonchev–Trinajstić information content (AvgIpc) is 2.79. The Morgan fingerprint density at radius 3 is 2.76 bits per heavy atom. The van der Waals surface area contributed by atoms with Crippen molar-refractivity contribution in [3.63, 3.8) is 0 Å². The minimum atomic E-state index is -0.607. The Morgan fingerprint density at radius 2 is 2.06 bits per heavy atom. The van der Waals surface area contributed by atoms with Gasteiger partial charge in [0.15, 0.2) is 0 Å². The van der Waals surface area contributed by atoms with Gasteiger partial charge in [0.25, 0.3) is 11.5 Å². The van der Waals surface area contributed by atoms with Gasteiger partial charge in [0.2, 0.25) is 5.95 Å². The highest BCUT2D eigenvalue weighted by atomic mass is 19.1. The number of aromatic nitrogens is 3. The molecule has 3 aromatic rings. The van der Waals surface area contributed by atoms with Crippen LogP contribution in [-0.4, -0.2) is 58.0 Å². The second kappa shape index (κ2) is 8.55. The third kappa shape index (κ3) is 3.86. The molecule has 4 heterocycles. The normalized spacial score (nSPS) is 20.4. The fourth-order valence-corrected chi connectivity index (χ4v) is 4.96. The van der Waals surface area contributed by atoms with Crippen molar-refractivity contribution in [1.29, 1.82) is 0 Å². The van der Waals surface area contributed by atoms with Gasteiger partial charge in [-0.2, -0.15) is 4.39 Å². The summed E-state index contributed by atoms with van der Waals surface area (Å²) in [4.78, 5) is 39.8. The Kier molecular flexibility index (Phi) is 5.57. The number of halogens is 1. The first-order valence-corrected chi connectivity index (χ1v) is 11.4. The van der Waals surface area contributed by atoms with Crippen LogP contribution in [0, 0.1) is 5.95 Å². The van der Waals surface area contributed by atoms with Crippen LogP contribution in [0.4, 0.5) is 10.1 Å². The summed E-state index contributed by atoms with van der Waals surface area (Å²) in [5.41, 5.74) is 3.80. The van der Waals surface area contributed by atoms with Crippen LogP contribution in [0.1, 0.15) is 41.4 Å². The number of rotatable bonds is 5. The van der Waals surface area contributed by atoms with Gasteiger partial charge < -0.3 is 15.2 Å². The minimum absolute atomic E-state index is 0.0605. The topological polar surface area (TPSA) is 94.2 Å². The average molecular weight is 451 g/mol. The van der Waals surface area contributed by atoms with Gasteiger partial charge in [-0.25, -0.2) is 4.98 Å². The lowest BCUT2D eigenvalue weighted by atomic mass is 9.81. The van der Waals surface area contributed by atoms with E-state index in [0.29, 0.717) is 24.7 Å². The second-order valence-corrected chi connectivity index (χ2v) is 8.72. The van der Waals surface area contributed by atoms with Gasteiger partial charge in [-0.05, 0) is 49.1 Å². The summed E-state index contributed by atoms with van der Waals surface area (Å²) in [6.45, 7) is 4.14. The van der Waals surface area contributed by atoms with Crippen LogP contribution in [0.3, 0.4) is 0 Å². The van der Waals surface area contributed by atoms with Gasteiger partial charge in [-0.1, -0.05) is 6.92 Å². The molecule has 0 spiro atoms. The third-order valence-corrected chi connectivity index (χ3v) is 6.89. The van der Waals surface area contributed by atoms with E-state index in [1.165, 1.54) is 7.05 Å². The van der Waals surface area contributed by atoms with E-state index in [2.05, 4.69) is 30.1 Å². The van der Waals surface area contributed by atoms with E-state index in [9.17, 15) is 14.0 Å². The van der Waals surface area contributed by atoms with Crippen molar-refractivity contribution in [1.82, 2.24) is 25.2 Å². The number of fused-ring (bicyclic) bond motifs is 2. The van der Waals surface area contributed by atoms with Crippen molar-refractivity contribution in [3.8, 4) is 0 Å². The lowest BCUT2D eigenvalue weighted by molar-refractivity contribution is 0.0654. The van der Waals surface area contributed by atoms with Crippen molar-refractivity contribution in [2.24, 2.45) is 0 Å². The first-order valence-electron chi connectivity index (χ1n) is 11.4. The van der Waals surface area contributed by atoms with Crippen molar-refractivity contribution < 1.29 is 9.18 Å². The van der Waals surface area contributed by atoms with Gasteiger partial charge in [-0.3, -0.25) is 19.5 Å². The zero-order chi connectivity index (χ0) is 23.1. The molecule has 1 saturated heterocycles. The summed E-state index contributed by atoms with van der Waals surface area (Å²) in [5.74, 6) is -1.01. The monoisotopic (exact) mass is 450 g/mol. The Bertz CT molecular complexity index is 1280. The van der Waals surface area contributed by atoms with Crippen LogP contribution in [0.5, 0.6) is 0 Å². The van der Waals surface area contributed by atoms with E-state index >= 15 is 0 Å². The molecular formula is C24H27FN6O2. The highest BCUT2D eigenvalue weighted by Crippen LogP contribution is 2.37. The predicted octanol–water partition coefficient (Wildman–Crippen LogP) is 2.23. The summed E-state index contributed by atoms with van der Waals surface area (Å²) in [6, 6.07) is 7.62. The van der Waals surface area contributed by atoms with Crippen LogP contribution >= 0.6 is 0 Å². The fraction of sp³-hybridized carbons (Fsp3) is 0.417. The third-order valence-electron chi connectivity index (χ3n) is 6.89. The molecule has 2 atom stereocenters. The molecule has 1 amide bonds. The first kappa shape index (κ1) is 21.5. The Labute approximate surface area is 190 Å². The molecule has 5 rings (SSSR count). The predicted molar refractivity (Wildman–Crippen MR) is 124 cm³/mol. The molecule has 2 aliphatic rings. The molecule has 9 heteroatoms. The highest BCUT2D eigenvalue weighted by Gasteiger charge is 2.43. The van der Waals surface area contributed by atoms with Crippen LogP contribution in [0.2, 0.25) is 0 Å². The number of amides is 1. The first-order chi connectivity index (χ1) is 16.0. The largest absolute Gasteiger partial charge is 0.362 e. The molecule has 0 radical (unpaired) electrons. The number of aromatic amines is 1. The summed E-state index contributed by atoms with van der Waals surface area (Å²) in [7, 11) is 1.50. The fourth-order valence-electron chi connectivity index (χ4n) is 4.96. The number of nitrogens with zero attached hydrogens (tertiary/aromatic N) is 4. The molecule has 8 nitrogen and oxygen atoms in total. The molecule has 2 N–H and O–H groups in total. The summed E-state index contributed by atoms with van der Waals surface area (Å²) in [6.07, 6.45) is 4.58. The molecule has 0 aromatic carbocycles. The van der Waals surface area contributed by atoms with Gasteiger partial charge in [-0.15, -0.1) is 0 Å². The zero-order valence-electron chi connectivity index (χ0n) is 18.8. The molecule has 172 valence electrons. The maximum absolute atomic E-state index is 14.8. The number of carbonyl (C=O) groups excluding carboxylic acids is 1. The molecule has 3 aromatic heterocycles. The molecule has 1 aliphatic carbocycles. The molecule has 33 heavy (non-hydrogen) atoms. The van der Waals surface area contributed by atoms with Gasteiger partial charge >= 0.3 is 0 Å². The number of nitrogens with one attached hydrogen (secondary N) is 2. The van der Waals surface area contributed by atoms with E-state index in [1.54, 1.807) is 12.1 Å². The van der Waals surface area contributed by atoms with E-state index in [0.717, 1.165) is 48.1 Å². The molecule has 0 bridgehead atoms. The van der Waals surface area contributed by atoms with Crippen LogP contribution < -0.4 is 15.8 Å². The maximum Gasteiger partial charge on any atom is 0.269 e. The van der Waals surface area contributed by atoms with Crippen LogP contribution in [0.15, 0.2) is 35.3 Å². The maximum atomic E-state index is 14.8. The lowest BCUT2D eigenvalue weighted by Gasteiger charge is -2.54. The van der Waals surface area contributed by atoms with Crippen LogP contribution in [-0.2, 0) is 13.0 Å². The number of hydrogen-bond donors (Lipinski definition) is 2. The number of piperazine rings is 1. The van der Waals surface area contributed by atoms with Crippen molar-refractivity contribution in [2.75, 3.05) is 25.0 Å². The smallest absolute Gasteiger partial charge is 0.269 e. The number of anilines is 1. The highest BCUT2D eigenvalue weighted by molar-refractivity contribution is 5.92. The number of hydrogen-bond acceptors (Lipinski definition) is 6. The molecule has 2 fully saturated rings. The van der Waals surface area contributed by atoms with Gasteiger partial charge in [0, 0.05) is 50.5 Å². The Balaban J connectivity index is 1.33. The van der Waals surface area contributed by atoms with Gasteiger partial charge in [0.1, 0.15) is 5.69 Å². The van der Waals surface area contributed by atoms with Crippen molar-refractivity contribution in [2.45, 2.75) is 44.8 Å². The SMILES string of the molecule is CCc1cc2ncc(CN3CCN(c4ccc(C(=O)NC)nc4F)[C@H]4CC[C@H]43)cc2[nH]c1=O. The number of carbonyl (C=O) groups is 1. The van der Waals surface area contributed by atoms with Gasteiger partial charge in [0.05, 0.1) is 16.7 Å². The Morgan fingerprint density at radius 1 is 1.24 bits per heavy atom. The van der Waals surface area contributed by atoms with E-state index in [-0.39, 0.29) is 17.3 Å². The van der Waals surface area contributed by atoms with E-state index in [4.69, 9.17) is 0 Å². The second-order valence-electron chi connectivity index (χ2n) is 8.72. The summed E-state index contributed by atoms with van der Waals surface area (Å²) in [5, 5.41) is 2.47. The quantitative estimate of drug-likeness (QED) is 0.579. The lowest BCUT2D eigenvalue weighted by Crippen LogP contribution is -2.64. The number of pyridine rings is 3. The number of aryl methyl sites for hydroxylation is 1. The molecule has 1 aliphatic heterocycles. The summed E-state index contributed by atoms with van der Waals surface area (Å²) < 4.78 is 14.8. The van der Waals surface area contributed by atoms with E-state index < -0.39 is 11.9 Å². The minimum Gasteiger partial charge on any atom is -0.362 e. The standard InChI is InChI=1S/C24H27FN6O2/c1-3-15-11-17-18(29-23(15)32)10-14(12-27-17)13-30-8-9-31(20-7-6-19(20)30)21-5-4-16(24(33)26-2)28-22(21)25/h4-5,10-12,19-20H,3,6-9,13H2,1-2H3,(H,26,33)(H,29,32)/t19-,20+/m1/s1. The molecule has 1 saturated carbocycles. The molecule has 0 unspecified atom stereocenters. The Hall–Kier alpha value is -3.33. The summed E-state index contributed by atoms with van der Waals surface area (Å²) >= 11 is 0.